The van der Waals surface area contributed by atoms with E-state index in [1.807, 2.05) is 6.92 Å². The van der Waals surface area contributed by atoms with E-state index in [0.29, 0.717) is 27.7 Å². The number of carbonyl (C=O) groups is 1. The van der Waals surface area contributed by atoms with Crippen molar-refractivity contribution in [3.63, 3.8) is 0 Å². The molecule has 0 aromatic heterocycles. The SMILES string of the molecule is COc1cc(Cl)c(C)cc1NC(=O)c1ccc(N)cc1Cl. The van der Waals surface area contributed by atoms with Crippen LogP contribution in [0, 0.1) is 6.92 Å². The van der Waals surface area contributed by atoms with Crippen LogP contribution in [-0.4, -0.2) is 13.0 Å². The maximum absolute atomic E-state index is 12.3. The molecule has 0 aliphatic heterocycles. The van der Waals surface area contributed by atoms with Crippen LogP contribution in [0.3, 0.4) is 0 Å². The van der Waals surface area contributed by atoms with Crippen molar-refractivity contribution in [3.8, 4) is 5.75 Å². The van der Waals surface area contributed by atoms with Crippen LogP contribution in [-0.2, 0) is 0 Å². The third kappa shape index (κ3) is 3.40. The largest absolute Gasteiger partial charge is 0.495 e. The molecule has 6 heteroatoms. The summed E-state index contributed by atoms with van der Waals surface area (Å²) < 4.78 is 5.22. The van der Waals surface area contributed by atoms with Gasteiger partial charge in [0.2, 0.25) is 0 Å². The lowest BCUT2D eigenvalue weighted by Gasteiger charge is -2.13. The van der Waals surface area contributed by atoms with E-state index in [9.17, 15) is 4.79 Å². The van der Waals surface area contributed by atoms with E-state index in [0.717, 1.165) is 5.56 Å². The van der Waals surface area contributed by atoms with E-state index in [1.54, 1.807) is 24.3 Å². The molecule has 21 heavy (non-hydrogen) atoms. The second-order valence-corrected chi connectivity index (χ2v) is 5.31. The van der Waals surface area contributed by atoms with Crippen molar-refractivity contribution in [1.82, 2.24) is 0 Å². The molecule has 2 rings (SSSR count). The van der Waals surface area contributed by atoms with Crippen molar-refractivity contribution < 1.29 is 9.53 Å². The monoisotopic (exact) mass is 324 g/mol. The third-order valence-corrected chi connectivity index (χ3v) is 3.69. The number of halogens is 2. The Morgan fingerprint density at radius 3 is 2.52 bits per heavy atom. The molecule has 110 valence electrons. The Balaban J connectivity index is 2.33. The Bertz CT molecular complexity index is 702. The van der Waals surface area contributed by atoms with Gasteiger partial charge >= 0.3 is 0 Å². The van der Waals surface area contributed by atoms with Gasteiger partial charge in [-0.1, -0.05) is 23.2 Å². The number of ether oxygens (including phenoxy) is 1. The number of hydrogen-bond acceptors (Lipinski definition) is 3. The van der Waals surface area contributed by atoms with Gasteiger partial charge in [0.05, 0.1) is 23.4 Å². The van der Waals surface area contributed by atoms with Gasteiger partial charge in [-0.15, -0.1) is 0 Å². The molecule has 4 nitrogen and oxygen atoms in total. The molecule has 0 bridgehead atoms. The maximum atomic E-state index is 12.3. The molecular formula is C15H14Cl2N2O2. The maximum Gasteiger partial charge on any atom is 0.257 e. The second kappa shape index (κ2) is 6.24. The standard InChI is InChI=1S/C15H14Cl2N2O2/c1-8-5-13(14(21-2)7-11(8)16)19-15(20)10-4-3-9(18)6-12(10)17/h3-7H,18H2,1-2H3,(H,19,20). The van der Waals surface area contributed by atoms with Gasteiger partial charge in [-0.3, -0.25) is 4.79 Å². The quantitative estimate of drug-likeness (QED) is 0.834. The molecule has 0 unspecified atom stereocenters. The fraction of sp³-hybridized carbons (Fsp3) is 0.133. The van der Waals surface area contributed by atoms with Crippen molar-refractivity contribution >= 4 is 40.5 Å². The van der Waals surface area contributed by atoms with Gasteiger partial charge in [0.25, 0.3) is 5.91 Å². The van der Waals surface area contributed by atoms with Crippen molar-refractivity contribution in [3.05, 3.63) is 51.5 Å². The van der Waals surface area contributed by atoms with Gasteiger partial charge in [-0.2, -0.15) is 0 Å². The summed E-state index contributed by atoms with van der Waals surface area (Å²) in [5, 5.41) is 3.61. The average Bonchev–Trinajstić information content (AvgIpc) is 2.42. The van der Waals surface area contributed by atoms with Crippen LogP contribution in [0.2, 0.25) is 10.0 Å². The van der Waals surface area contributed by atoms with Gasteiger partial charge < -0.3 is 15.8 Å². The van der Waals surface area contributed by atoms with Crippen LogP contribution in [0.5, 0.6) is 5.75 Å². The molecule has 1 amide bonds. The number of nitrogens with two attached hydrogens (primary N) is 1. The van der Waals surface area contributed by atoms with Gasteiger partial charge in [0.1, 0.15) is 5.75 Å². The zero-order chi connectivity index (χ0) is 15.6. The summed E-state index contributed by atoms with van der Waals surface area (Å²) in [5.74, 6) is 0.130. The van der Waals surface area contributed by atoms with Crippen molar-refractivity contribution in [2.24, 2.45) is 0 Å². The number of anilines is 2. The van der Waals surface area contributed by atoms with E-state index in [-0.39, 0.29) is 10.9 Å². The predicted molar refractivity (Wildman–Crippen MR) is 86.6 cm³/mol. The van der Waals surface area contributed by atoms with E-state index >= 15 is 0 Å². The van der Waals surface area contributed by atoms with Crippen LogP contribution < -0.4 is 15.8 Å². The van der Waals surface area contributed by atoms with Gasteiger partial charge in [0.15, 0.2) is 0 Å². The van der Waals surface area contributed by atoms with Crippen LogP contribution in [0.15, 0.2) is 30.3 Å². The molecule has 2 aromatic rings. The van der Waals surface area contributed by atoms with Crippen LogP contribution in [0.4, 0.5) is 11.4 Å². The number of amides is 1. The Morgan fingerprint density at radius 2 is 1.90 bits per heavy atom. The molecule has 0 radical (unpaired) electrons. The molecule has 3 N–H and O–H groups in total. The Kier molecular flexibility index (Phi) is 4.60. The first-order valence-corrected chi connectivity index (χ1v) is 6.88. The highest BCUT2D eigenvalue weighted by molar-refractivity contribution is 6.34. The molecular weight excluding hydrogens is 311 g/mol. The van der Waals surface area contributed by atoms with Gasteiger partial charge in [-0.25, -0.2) is 0 Å². The van der Waals surface area contributed by atoms with E-state index in [4.69, 9.17) is 33.7 Å². The van der Waals surface area contributed by atoms with E-state index < -0.39 is 0 Å². The number of hydrogen-bond donors (Lipinski definition) is 2. The minimum Gasteiger partial charge on any atom is -0.495 e. The Morgan fingerprint density at radius 1 is 1.19 bits per heavy atom. The summed E-state index contributed by atoms with van der Waals surface area (Å²) in [6, 6.07) is 8.11. The highest BCUT2D eigenvalue weighted by Gasteiger charge is 2.14. The first-order valence-electron chi connectivity index (χ1n) is 6.13. The lowest BCUT2D eigenvalue weighted by atomic mass is 10.1. The molecule has 0 atom stereocenters. The van der Waals surface area contributed by atoms with Crippen molar-refractivity contribution in [2.75, 3.05) is 18.2 Å². The number of carbonyl (C=O) groups excluding carboxylic acids is 1. The summed E-state index contributed by atoms with van der Waals surface area (Å²) in [6.07, 6.45) is 0. The second-order valence-electron chi connectivity index (χ2n) is 4.50. The molecule has 2 aromatic carbocycles. The normalized spacial score (nSPS) is 10.3. The van der Waals surface area contributed by atoms with Gasteiger partial charge in [-0.05, 0) is 36.8 Å². The minimum atomic E-state index is -0.347. The number of nitrogens with one attached hydrogen (secondary N) is 1. The molecule has 0 aliphatic carbocycles. The summed E-state index contributed by atoms with van der Waals surface area (Å²) in [7, 11) is 1.51. The van der Waals surface area contributed by atoms with Crippen molar-refractivity contribution in [2.45, 2.75) is 6.92 Å². The number of aryl methyl sites for hydroxylation is 1. The zero-order valence-electron chi connectivity index (χ0n) is 11.5. The zero-order valence-corrected chi connectivity index (χ0v) is 13.0. The van der Waals surface area contributed by atoms with Crippen molar-refractivity contribution in [1.29, 1.82) is 0 Å². The summed E-state index contributed by atoms with van der Waals surface area (Å²) in [5.41, 5.74) is 7.80. The lowest BCUT2D eigenvalue weighted by Crippen LogP contribution is -2.13. The first-order chi connectivity index (χ1) is 9.92. The third-order valence-electron chi connectivity index (χ3n) is 2.97. The van der Waals surface area contributed by atoms with Crippen LogP contribution >= 0.6 is 23.2 Å². The smallest absolute Gasteiger partial charge is 0.257 e. The molecule has 0 heterocycles. The molecule has 0 aliphatic rings. The highest BCUT2D eigenvalue weighted by Crippen LogP contribution is 2.31. The van der Waals surface area contributed by atoms with Gasteiger partial charge in [0, 0.05) is 16.8 Å². The van der Waals surface area contributed by atoms with Crippen LogP contribution in [0.25, 0.3) is 0 Å². The van der Waals surface area contributed by atoms with E-state index in [2.05, 4.69) is 5.32 Å². The summed E-state index contributed by atoms with van der Waals surface area (Å²) >= 11 is 12.1. The van der Waals surface area contributed by atoms with Crippen LogP contribution in [0.1, 0.15) is 15.9 Å². The fourth-order valence-corrected chi connectivity index (χ4v) is 2.26. The molecule has 0 spiro atoms. The molecule has 0 saturated carbocycles. The number of methoxy groups -OCH3 is 1. The number of benzene rings is 2. The summed E-state index contributed by atoms with van der Waals surface area (Å²) in [4.78, 5) is 12.3. The summed E-state index contributed by atoms with van der Waals surface area (Å²) in [6.45, 7) is 1.84. The number of nitrogen functional groups attached to an aromatic ring is 1. The molecule has 0 saturated heterocycles. The predicted octanol–water partition coefficient (Wildman–Crippen LogP) is 4.14. The van der Waals surface area contributed by atoms with E-state index in [1.165, 1.54) is 13.2 Å². The highest BCUT2D eigenvalue weighted by atomic mass is 35.5. The minimum absolute atomic E-state index is 0.289. The molecule has 0 fully saturated rings. The fourth-order valence-electron chi connectivity index (χ4n) is 1.83. The Hall–Kier alpha value is -1.91. The first kappa shape index (κ1) is 15.5. The average molecular weight is 325 g/mol. The lowest BCUT2D eigenvalue weighted by molar-refractivity contribution is 0.102. The topological polar surface area (TPSA) is 64.3 Å². The number of rotatable bonds is 3. The Labute approximate surface area is 132 Å².